The van der Waals surface area contributed by atoms with Crippen LogP contribution in [0.2, 0.25) is 0 Å². The predicted molar refractivity (Wildman–Crippen MR) is 96.2 cm³/mol. The van der Waals surface area contributed by atoms with E-state index in [2.05, 4.69) is 35.7 Å². The van der Waals surface area contributed by atoms with Crippen molar-refractivity contribution >= 4 is 5.91 Å². The van der Waals surface area contributed by atoms with Crippen molar-refractivity contribution in [2.75, 3.05) is 13.2 Å². The number of benzene rings is 2. The molecule has 2 aromatic rings. The summed E-state index contributed by atoms with van der Waals surface area (Å²) in [7, 11) is 0. The highest BCUT2D eigenvalue weighted by atomic mass is 16.5. The minimum atomic E-state index is -0.157. The Kier molecular flexibility index (Phi) is 5.35. The van der Waals surface area contributed by atoms with E-state index in [0.717, 1.165) is 12.8 Å². The number of nitrogens with one attached hydrogen (secondary N) is 1. The topological polar surface area (TPSA) is 62.1 Å². The average Bonchev–Trinajstić information content (AvgIpc) is 3.16. The Labute approximate surface area is 148 Å². The molecule has 1 saturated carbocycles. The minimum absolute atomic E-state index is 0.0292. The molecule has 0 radical (unpaired) electrons. The lowest BCUT2D eigenvalue weighted by atomic mass is 9.79. The second kappa shape index (κ2) is 7.85. The van der Waals surface area contributed by atoms with E-state index in [1.54, 1.807) is 24.3 Å². The van der Waals surface area contributed by atoms with Crippen LogP contribution < -0.4 is 10.1 Å². The maximum Gasteiger partial charge on any atom is 0.257 e. The summed E-state index contributed by atoms with van der Waals surface area (Å²) in [6.07, 6.45) is 4.57. The number of para-hydroxylation sites is 1. The van der Waals surface area contributed by atoms with Crippen LogP contribution in [-0.4, -0.2) is 19.1 Å². The van der Waals surface area contributed by atoms with Gasteiger partial charge in [0, 0.05) is 12.0 Å². The van der Waals surface area contributed by atoms with E-state index in [0.29, 0.717) is 17.9 Å². The molecule has 1 N–H and O–H groups in total. The molecular formula is C21H22N2O2. The number of nitriles is 1. The first-order valence-corrected chi connectivity index (χ1v) is 8.68. The number of hydrogen-bond donors (Lipinski definition) is 1. The summed E-state index contributed by atoms with van der Waals surface area (Å²) in [5.41, 5.74) is 1.76. The standard InChI is InChI=1S/C21H22N2O2/c22-14-17-8-4-5-11-19(17)25-15-20(24)23-16-21(12-6-7-13-21)18-9-2-1-3-10-18/h1-5,8-11H,6-7,12-13,15-16H2,(H,23,24). The van der Waals surface area contributed by atoms with Crippen LogP contribution in [0.4, 0.5) is 0 Å². The van der Waals surface area contributed by atoms with Gasteiger partial charge in [-0.2, -0.15) is 5.26 Å². The van der Waals surface area contributed by atoms with Gasteiger partial charge in [0.2, 0.25) is 0 Å². The first-order chi connectivity index (χ1) is 12.2. The maximum atomic E-state index is 12.2. The molecule has 0 heterocycles. The van der Waals surface area contributed by atoms with Crippen molar-refractivity contribution in [3.63, 3.8) is 0 Å². The number of hydrogen-bond acceptors (Lipinski definition) is 3. The molecule has 1 aliphatic carbocycles. The van der Waals surface area contributed by atoms with Crippen LogP contribution in [0, 0.1) is 11.3 Å². The highest BCUT2D eigenvalue weighted by molar-refractivity contribution is 5.77. The van der Waals surface area contributed by atoms with Crippen molar-refractivity contribution in [3.8, 4) is 11.8 Å². The third kappa shape index (κ3) is 4.00. The number of nitrogens with zero attached hydrogens (tertiary/aromatic N) is 1. The number of amides is 1. The van der Waals surface area contributed by atoms with Gasteiger partial charge >= 0.3 is 0 Å². The summed E-state index contributed by atoms with van der Waals surface area (Å²) in [6.45, 7) is 0.544. The Morgan fingerprint density at radius 2 is 1.76 bits per heavy atom. The van der Waals surface area contributed by atoms with Crippen LogP contribution in [-0.2, 0) is 10.2 Å². The van der Waals surface area contributed by atoms with Crippen LogP contribution in [0.25, 0.3) is 0 Å². The van der Waals surface area contributed by atoms with Gasteiger partial charge in [-0.3, -0.25) is 4.79 Å². The molecular weight excluding hydrogens is 312 g/mol. The zero-order valence-corrected chi connectivity index (χ0v) is 14.2. The Hall–Kier alpha value is -2.80. The summed E-state index contributed by atoms with van der Waals surface area (Å²) in [5, 5.41) is 12.1. The van der Waals surface area contributed by atoms with E-state index < -0.39 is 0 Å². The molecule has 0 atom stereocenters. The van der Waals surface area contributed by atoms with Gasteiger partial charge < -0.3 is 10.1 Å². The van der Waals surface area contributed by atoms with Crippen LogP contribution in [0.1, 0.15) is 36.8 Å². The summed E-state index contributed by atoms with van der Waals surface area (Å²) in [5.74, 6) is 0.286. The zero-order chi connectivity index (χ0) is 17.5. The average molecular weight is 334 g/mol. The first kappa shape index (κ1) is 17.0. The molecule has 0 saturated heterocycles. The largest absolute Gasteiger partial charge is 0.482 e. The molecule has 4 heteroatoms. The van der Waals surface area contributed by atoms with Gasteiger partial charge in [-0.1, -0.05) is 55.3 Å². The molecule has 1 amide bonds. The van der Waals surface area contributed by atoms with E-state index in [4.69, 9.17) is 10.00 Å². The molecule has 4 nitrogen and oxygen atoms in total. The lowest BCUT2D eigenvalue weighted by Gasteiger charge is -2.30. The van der Waals surface area contributed by atoms with E-state index >= 15 is 0 Å². The van der Waals surface area contributed by atoms with E-state index in [9.17, 15) is 4.79 Å². The van der Waals surface area contributed by atoms with Gasteiger partial charge in [-0.25, -0.2) is 0 Å². The monoisotopic (exact) mass is 334 g/mol. The fourth-order valence-electron chi connectivity index (χ4n) is 3.56. The Bertz CT molecular complexity index is 759. The minimum Gasteiger partial charge on any atom is -0.482 e. The Balaban J connectivity index is 1.59. The fraction of sp³-hybridized carbons (Fsp3) is 0.333. The molecule has 128 valence electrons. The maximum absolute atomic E-state index is 12.2. The third-order valence-corrected chi connectivity index (χ3v) is 4.94. The molecule has 3 rings (SSSR count). The molecule has 1 aliphatic rings. The SMILES string of the molecule is N#Cc1ccccc1OCC(=O)NCC1(c2ccccc2)CCCC1. The van der Waals surface area contributed by atoms with E-state index in [1.807, 2.05) is 6.07 Å². The lowest BCUT2D eigenvalue weighted by molar-refractivity contribution is -0.123. The lowest BCUT2D eigenvalue weighted by Crippen LogP contribution is -2.40. The van der Waals surface area contributed by atoms with Crippen molar-refractivity contribution in [2.24, 2.45) is 0 Å². The van der Waals surface area contributed by atoms with Crippen LogP contribution in [0.15, 0.2) is 54.6 Å². The summed E-state index contributed by atoms with van der Waals surface area (Å²) in [4.78, 5) is 12.2. The molecule has 0 bridgehead atoms. The van der Waals surface area contributed by atoms with Crippen molar-refractivity contribution in [3.05, 3.63) is 65.7 Å². The number of carbonyl (C=O) groups is 1. The van der Waals surface area contributed by atoms with Crippen molar-refractivity contribution in [2.45, 2.75) is 31.1 Å². The summed E-state index contributed by atoms with van der Waals surface area (Å²) >= 11 is 0. The Morgan fingerprint density at radius 3 is 2.48 bits per heavy atom. The molecule has 0 aliphatic heterocycles. The molecule has 0 unspecified atom stereocenters. The molecule has 0 spiro atoms. The molecule has 25 heavy (non-hydrogen) atoms. The van der Waals surface area contributed by atoms with Gasteiger partial charge in [0.15, 0.2) is 6.61 Å². The quantitative estimate of drug-likeness (QED) is 0.878. The predicted octanol–water partition coefficient (Wildman–Crippen LogP) is 3.57. The van der Waals surface area contributed by atoms with Crippen molar-refractivity contribution in [1.82, 2.24) is 5.32 Å². The van der Waals surface area contributed by atoms with Crippen LogP contribution in [0.5, 0.6) is 5.75 Å². The summed E-state index contributed by atoms with van der Waals surface area (Å²) < 4.78 is 5.51. The molecule has 1 fully saturated rings. The molecule has 2 aromatic carbocycles. The van der Waals surface area contributed by atoms with Crippen molar-refractivity contribution in [1.29, 1.82) is 5.26 Å². The van der Waals surface area contributed by atoms with Gasteiger partial charge in [0.05, 0.1) is 5.56 Å². The second-order valence-corrected chi connectivity index (χ2v) is 6.53. The van der Waals surface area contributed by atoms with Gasteiger partial charge in [0.25, 0.3) is 5.91 Å². The number of carbonyl (C=O) groups excluding carboxylic acids is 1. The number of ether oxygens (including phenoxy) is 1. The highest BCUT2D eigenvalue weighted by Gasteiger charge is 2.35. The van der Waals surface area contributed by atoms with Crippen molar-refractivity contribution < 1.29 is 9.53 Å². The molecule has 0 aromatic heterocycles. The highest BCUT2D eigenvalue weighted by Crippen LogP contribution is 2.40. The van der Waals surface area contributed by atoms with Gasteiger partial charge in [-0.15, -0.1) is 0 Å². The Morgan fingerprint density at radius 1 is 1.08 bits per heavy atom. The first-order valence-electron chi connectivity index (χ1n) is 8.68. The number of rotatable bonds is 6. The smallest absolute Gasteiger partial charge is 0.257 e. The zero-order valence-electron chi connectivity index (χ0n) is 14.2. The third-order valence-electron chi connectivity index (χ3n) is 4.94. The van der Waals surface area contributed by atoms with Gasteiger partial charge in [0.1, 0.15) is 11.8 Å². The summed E-state index contributed by atoms with van der Waals surface area (Å²) in [6, 6.07) is 19.4. The van der Waals surface area contributed by atoms with Crippen LogP contribution in [0.3, 0.4) is 0 Å². The van der Waals surface area contributed by atoms with Crippen LogP contribution >= 0.6 is 0 Å². The second-order valence-electron chi connectivity index (χ2n) is 6.53. The fourth-order valence-corrected chi connectivity index (χ4v) is 3.56. The van der Waals surface area contributed by atoms with E-state index in [1.165, 1.54) is 18.4 Å². The van der Waals surface area contributed by atoms with Gasteiger partial charge in [-0.05, 0) is 30.5 Å². The normalized spacial score (nSPS) is 15.3. The van der Waals surface area contributed by atoms with E-state index in [-0.39, 0.29) is 17.9 Å².